The van der Waals surface area contributed by atoms with Crippen LogP contribution in [0.5, 0.6) is 0 Å². The first-order valence-corrected chi connectivity index (χ1v) is 10.7. The number of hydrogen-bond acceptors (Lipinski definition) is 4. The van der Waals surface area contributed by atoms with Crippen molar-refractivity contribution in [2.24, 2.45) is 0 Å². The Labute approximate surface area is 176 Å². The molecule has 0 aliphatic carbocycles. The number of nitrogens with zero attached hydrogens (tertiary/aromatic N) is 2. The number of hydrogen-bond donors (Lipinski definition) is 1. The molecule has 0 unspecified atom stereocenters. The van der Waals surface area contributed by atoms with Gasteiger partial charge in [0.25, 0.3) is 0 Å². The van der Waals surface area contributed by atoms with Crippen LogP contribution in [0.2, 0.25) is 0 Å². The summed E-state index contributed by atoms with van der Waals surface area (Å²) in [4.78, 5) is 15.8. The van der Waals surface area contributed by atoms with Crippen molar-refractivity contribution in [1.29, 1.82) is 0 Å². The second-order valence-electron chi connectivity index (χ2n) is 8.08. The molecule has 0 bridgehead atoms. The Morgan fingerprint density at radius 1 is 1.17 bits per heavy atom. The zero-order valence-corrected chi connectivity index (χ0v) is 17.4. The highest BCUT2D eigenvalue weighted by molar-refractivity contribution is 7.09. The van der Waals surface area contributed by atoms with Gasteiger partial charge in [0.05, 0.1) is 17.7 Å². The van der Waals surface area contributed by atoms with Gasteiger partial charge in [0.15, 0.2) is 5.43 Å². The Hall–Kier alpha value is -2.16. The minimum atomic E-state index is -4.69. The lowest BCUT2D eigenvalue weighted by Gasteiger charge is -2.39. The Bertz CT molecular complexity index is 1100. The second kappa shape index (κ2) is 7.83. The molecule has 160 valence electrons. The molecule has 3 aromatic rings. The highest BCUT2D eigenvalue weighted by Gasteiger charge is 2.39. The van der Waals surface area contributed by atoms with Crippen molar-refractivity contribution in [3.63, 3.8) is 0 Å². The summed E-state index contributed by atoms with van der Waals surface area (Å²) in [5.74, 6) is 0. The van der Waals surface area contributed by atoms with Crippen molar-refractivity contribution in [3.05, 3.63) is 68.1 Å². The molecule has 1 fully saturated rings. The first kappa shape index (κ1) is 21.1. The molecular weight excluding hydrogens is 413 g/mol. The number of benzene rings is 1. The lowest BCUT2D eigenvalue weighted by Crippen LogP contribution is -2.47. The normalized spacial score (nSPS) is 17.5. The molecule has 0 atom stereocenters. The molecule has 2 aromatic heterocycles. The second-order valence-corrected chi connectivity index (χ2v) is 9.11. The number of thiophene rings is 1. The molecule has 1 N–H and O–H groups in total. The number of fused-ring (bicyclic) bond motifs is 1. The molecule has 4 nitrogen and oxygen atoms in total. The quantitative estimate of drug-likeness (QED) is 0.659. The lowest BCUT2D eigenvalue weighted by molar-refractivity contribution is -0.145. The van der Waals surface area contributed by atoms with E-state index in [9.17, 15) is 23.1 Å². The van der Waals surface area contributed by atoms with E-state index >= 15 is 0 Å². The molecule has 3 heterocycles. The smallest absolute Gasteiger partial charge is 0.388 e. The van der Waals surface area contributed by atoms with E-state index in [1.165, 1.54) is 10.9 Å². The average Bonchev–Trinajstić information content (AvgIpc) is 3.18. The molecule has 0 amide bonds. The summed E-state index contributed by atoms with van der Waals surface area (Å²) < 4.78 is 42.3. The van der Waals surface area contributed by atoms with Gasteiger partial charge in [-0.25, -0.2) is 0 Å². The Balaban J connectivity index is 1.64. The third kappa shape index (κ3) is 4.31. The van der Waals surface area contributed by atoms with Crippen molar-refractivity contribution in [3.8, 4) is 0 Å². The fraction of sp³-hybridized carbons (Fsp3) is 0.409. The van der Waals surface area contributed by atoms with Crippen LogP contribution in [-0.4, -0.2) is 33.3 Å². The predicted molar refractivity (Wildman–Crippen MR) is 112 cm³/mol. The third-order valence-electron chi connectivity index (χ3n) is 5.76. The van der Waals surface area contributed by atoms with Gasteiger partial charge in [-0.3, -0.25) is 9.69 Å². The fourth-order valence-corrected chi connectivity index (χ4v) is 4.85. The van der Waals surface area contributed by atoms with E-state index in [2.05, 4.69) is 11.0 Å². The Morgan fingerprint density at radius 2 is 1.90 bits per heavy atom. The van der Waals surface area contributed by atoms with Gasteiger partial charge in [0, 0.05) is 36.0 Å². The van der Waals surface area contributed by atoms with E-state index in [-0.39, 0.29) is 17.4 Å². The lowest BCUT2D eigenvalue weighted by atomic mass is 9.90. The highest BCUT2D eigenvalue weighted by atomic mass is 32.1. The maximum atomic E-state index is 13.7. The van der Waals surface area contributed by atoms with Gasteiger partial charge in [0.1, 0.15) is 5.69 Å². The summed E-state index contributed by atoms with van der Waals surface area (Å²) in [6.45, 7) is 3.58. The first-order chi connectivity index (χ1) is 14.1. The van der Waals surface area contributed by atoms with Crippen LogP contribution in [0.3, 0.4) is 0 Å². The fourth-order valence-electron chi connectivity index (χ4n) is 4.10. The van der Waals surface area contributed by atoms with Crippen molar-refractivity contribution in [1.82, 2.24) is 9.47 Å². The van der Waals surface area contributed by atoms with E-state index in [1.54, 1.807) is 30.4 Å². The summed E-state index contributed by atoms with van der Waals surface area (Å²) in [5.41, 5.74) is -1.94. The van der Waals surface area contributed by atoms with Gasteiger partial charge < -0.3 is 9.67 Å². The largest absolute Gasteiger partial charge is 0.431 e. The van der Waals surface area contributed by atoms with Gasteiger partial charge in [0.2, 0.25) is 0 Å². The third-order valence-corrected chi connectivity index (χ3v) is 6.62. The molecule has 0 saturated carbocycles. The first-order valence-electron chi connectivity index (χ1n) is 9.83. The predicted octanol–water partition coefficient (Wildman–Crippen LogP) is 4.42. The van der Waals surface area contributed by atoms with Gasteiger partial charge in [-0.15, -0.1) is 11.3 Å². The van der Waals surface area contributed by atoms with Gasteiger partial charge in [-0.1, -0.05) is 17.7 Å². The number of alkyl halides is 3. The van der Waals surface area contributed by atoms with Gasteiger partial charge >= 0.3 is 6.18 Å². The van der Waals surface area contributed by atoms with E-state index < -0.39 is 22.9 Å². The zero-order valence-electron chi connectivity index (χ0n) is 16.6. The summed E-state index contributed by atoms with van der Waals surface area (Å²) in [6, 6.07) is 9.51. The number of aliphatic hydroxyl groups is 1. The highest BCUT2D eigenvalue weighted by Crippen LogP contribution is 2.34. The van der Waals surface area contributed by atoms with Crippen molar-refractivity contribution in [2.75, 3.05) is 13.1 Å². The van der Waals surface area contributed by atoms with Crippen molar-refractivity contribution >= 4 is 22.2 Å². The van der Waals surface area contributed by atoms with Crippen LogP contribution < -0.4 is 5.43 Å². The Kier molecular flexibility index (Phi) is 5.50. The molecule has 0 spiro atoms. The van der Waals surface area contributed by atoms with Crippen LogP contribution in [0.15, 0.2) is 46.6 Å². The number of likely N-dealkylation sites (tertiary alicyclic amines) is 1. The average molecular weight is 436 g/mol. The van der Waals surface area contributed by atoms with Gasteiger partial charge in [-0.2, -0.15) is 13.2 Å². The van der Waals surface area contributed by atoms with Crippen LogP contribution in [0.4, 0.5) is 13.2 Å². The van der Waals surface area contributed by atoms with E-state index in [0.717, 1.165) is 16.7 Å². The van der Waals surface area contributed by atoms with Crippen molar-refractivity contribution < 1.29 is 18.3 Å². The summed E-state index contributed by atoms with van der Waals surface area (Å²) in [5, 5.41) is 13.4. The summed E-state index contributed by atoms with van der Waals surface area (Å²) in [6.07, 6.45) is -3.95. The molecule has 1 aliphatic rings. The van der Waals surface area contributed by atoms with E-state index in [4.69, 9.17) is 0 Å². The van der Waals surface area contributed by atoms with Crippen LogP contribution in [0.1, 0.15) is 29.0 Å². The van der Waals surface area contributed by atoms with Crippen LogP contribution >= 0.6 is 11.3 Å². The molecule has 1 aliphatic heterocycles. The minimum Gasteiger partial charge on any atom is -0.388 e. The Morgan fingerprint density at radius 3 is 2.53 bits per heavy atom. The SMILES string of the molecule is Cc1ccc2c(c1)c(=O)cc(C(F)(F)F)n2CC1(O)CCN(Cc2cccs2)CC1. The molecule has 30 heavy (non-hydrogen) atoms. The maximum absolute atomic E-state index is 13.7. The molecule has 1 aromatic carbocycles. The van der Waals surface area contributed by atoms with Crippen molar-refractivity contribution in [2.45, 2.75) is 44.6 Å². The number of halogens is 3. The minimum absolute atomic E-state index is 0.200. The number of rotatable bonds is 4. The summed E-state index contributed by atoms with van der Waals surface area (Å²) in [7, 11) is 0. The standard InChI is InChI=1S/C22H23F3N2O2S/c1-15-4-5-18-17(11-15)19(28)12-20(22(23,24)25)27(18)14-21(29)6-8-26(9-7-21)13-16-3-2-10-30-16/h2-5,10-12,29H,6-9,13-14H2,1H3. The maximum Gasteiger partial charge on any atom is 0.431 e. The number of aromatic nitrogens is 1. The molecule has 4 rings (SSSR count). The van der Waals surface area contributed by atoms with Crippen LogP contribution in [-0.2, 0) is 19.3 Å². The monoisotopic (exact) mass is 436 g/mol. The number of aryl methyl sites for hydroxylation is 1. The molecule has 8 heteroatoms. The number of piperidine rings is 1. The molecular formula is C22H23F3N2O2S. The van der Waals surface area contributed by atoms with E-state index in [1.807, 2.05) is 11.4 Å². The van der Waals surface area contributed by atoms with Gasteiger partial charge in [-0.05, 0) is 43.3 Å². The number of pyridine rings is 1. The molecule has 0 radical (unpaired) electrons. The topological polar surface area (TPSA) is 45.5 Å². The zero-order chi connectivity index (χ0) is 21.5. The summed E-state index contributed by atoms with van der Waals surface area (Å²) >= 11 is 1.66. The molecule has 1 saturated heterocycles. The van der Waals surface area contributed by atoms with E-state index in [0.29, 0.717) is 32.0 Å². The van der Waals surface area contributed by atoms with Crippen LogP contribution in [0, 0.1) is 6.92 Å². The van der Waals surface area contributed by atoms with Crippen LogP contribution in [0.25, 0.3) is 10.9 Å².